The van der Waals surface area contributed by atoms with Crippen molar-refractivity contribution in [3.63, 3.8) is 0 Å². The van der Waals surface area contributed by atoms with Crippen molar-refractivity contribution < 1.29 is 14.3 Å². The molecule has 174 valence electrons. The van der Waals surface area contributed by atoms with E-state index in [1.54, 1.807) is 35.9 Å². The van der Waals surface area contributed by atoms with Crippen molar-refractivity contribution in [2.45, 2.75) is 13.5 Å². The molecule has 0 unspecified atom stereocenters. The second-order valence-corrected chi connectivity index (χ2v) is 8.43. The van der Waals surface area contributed by atoms with Crippen LogP contribution >= 0.6 is 27.5 Å². The number of fused-ring (bicyclic) bond motifs is 1. The Labute approximate surface area is 207 Å². The van der Waals surface area contributed by atoms with Gasteiger partial charge >= 0.3 is 12.0 Å². The average Bonchev–Trinajstić information content (AvgIpc) is 3.27. The lowest BCUT2D eigenvalue weighted by Crippen LogP contribution is -2.28. The lowest BCUT2D eigenvalue weighted by Gasteiger charge is -2.09. The highest BCUT2D eigenvalue weighted by Gasteiger charge is 2.16. The highest BCUT2D eigenvalue weighted by molar-refractivity contribution is 9.10. The number of benzene rings is 2. The summed E-state index contributed by atoms with van der Waals surface area (Å²) >= 11 is 9.83. The molecule has 2 aromatic carbocycles. The molecule has 2 aromatic heterocycles. The zero-order valence-corrected chi connectivity index (χ0v) is 20.2. The first-order valence-corrected chi connectivity index (χ1v) is 11.4. The summed E-state index contributed by atoms with van der Waals surface area (Å²) < 4.78 is 7.44. The van der Waals surface area contributed by atoms with Crippen LogP contribution in [0.4, 0.5) is 10.5 Å². The number of carbonyl (C=O) groups is 2. The molecule has 0 aliphatic heterocycles. The normalized spacial score (nSPS) is 10.8. The van der Waals surface area contributed by atoms with Crippen LogP contribution in [0.3, 0.4) is 0 Å². The Morgan fingerprint density at radius 2 is 2.03 bits per heavy atom. The van der Waals surface area contributed by atoms with Gasteiger partial charge in [-0.2, -0.15) is 0 Å². The fraction of sp³-hybridized carbons (Fsp3) is 0.130. The number of para-hydroxylation sites is 1. The molecule has 2 heterocycles. The Bertz CT molecular complexity index is 1450. The Hall–Kier alpha value is -3.63. The molecule has 34 heavy (non-hydrogen) atoms. The maximum Gasteiger partial charge on any atom is 0.362 e. The quantitative estimate of drug-likeness (QED) is 0.306. The summed E-state index contributed by atoms with van der Waals surface area (Å²) in [6.45, 7) is 2.06. The molecule has 0 bridgehead atoms. The Morgan fingerprint density at radius 1 is 1.24 bits per heavy atom. The van der Waals surface area contributed by atoms with Gasteiger partial charge in [0.25, 0.3) is 5.56 Å². The molecule has 0 fully saturated rings. The predicted molar refractivity (Wildman–Crippen MR) is 133 cm³/mol. The number of hydrogen-bond acceptors (Lipinski definition) is 5. The van der Waals surface area contributed by atoms with Gasteiger partial charge in [-0.3, -0.25) is 4.79 Å². The molecule has 0 aliphatic rings. The molecule has 4 aromatic rings. The number of hydrogen-bond donors (Lipinski definition) is 3. The van der Waals surface area contributed by atoms with E-state index in [-0.39, 0.29) is 24.9 Å². The number of rotatable bonds is 6. The summed E-state index contributed by atoms with van der Waals surface area (Å²) in [6.07, 6.45) is 3.59. The van der Waals surface area contributed by atoms with Gasteiger partial charge in [0.2, 0.25) is 5.69 Å². The van der Waals surface area contributed by atoms with Crippen LogP contribution in [0.25, 0.3) is 16.7 Å². The number of amides is 2. The van der Waals surface area contributed by atoms with E-state index in [0.717, 1.165) is 10.0 Å². The van der Waals surface area contributed by atoms with E-state index in [1.165, 1.54) is 0 Å². The summed E-state index contributed by atoms with van der Waals surface area (Å²) in [6, 6.07) is 12.0. The van der Waals surface area contributed by atoms with Crippen molar-refractivity contribution in [1.29, 1.82) is 0 Å². The summed E-state index contributed by atoms with van der Waals surface area (Å²) in [7, 11) is 0. The Morgan fingerprint density at radius 3 is 2.79 bits per heavy atom. The first kappa shape index (κ1) is 23.5. The van der Waals surface area contributed by atoms with E-state index in [0.29, 0.717) is 27.4 Å². The summed E-state index contributed by atoms with van der Waals surface area (Å²) in [5, 5.41) is 5.95. The summed E-state index contributed by atoms with van der Waals surface area (Å²) in [5.74, 6) is -0.794. The molecule has 0 saturated carbocycles. The first-order chi connectivity index (χ1) is 16.4. The number of nitrogens with one attached hydrogen (secondary N) is 3. The number of urea groups is 1. The van der Waals surface area contributed by atoms with Gasteiger partial charge < -0.3 is 24.9 Å². The second kappa shape index (κ2) is 10.1. The molecular formula is C23H19BrClN5O4. The van der Waals surface area contributed by atoms with Crippen molar-refractivity contribution in [3.8, 4) is 5.69 Å². The summed E-state index contributed by atoms with van der Waals surface area (Å²) in [4.78, 5) is 43.2. The largest absolute Gasteiger partial charge is 0.461 e. The SMILES string of the molecule is CCOC(=O)c1nc2cc(-n3ccc(CNC(=O)Nc4ccccc4Br)c3)c(Cl)cc2[nH]c1=O. The van der Waals surface area contributed by atoms with Crippen molar-refractivity contribution in [2.24, 2.45) is 0 Å². The molecule has 0 radical (unpaired) electrons. The number of esters is 1. The molecule has 0 saturated heterocycles. The van der Waals surface area contributed by atoms with Crippen LogP contribution in [0.1, 0.15) is 23.0 Å². The van der Waals surface area contributed by atoms with Gasteiger partial charge in [-0.1, -0.05) is 23.7 Å². The van der Waals surface area contributed by atoms with Crippen molar-refractivity contribution in [1.82, 2.24) is 19.9 Å². The van der Waals surface area contributed by atoms with E-state index >= 15 is 0 Å². The van der Waals surface area contributed by atoms with Gasteiger partial charge in [0.05, 0.1) is 34.0 Å². The average molecular weight is 545 g/mol. The number of ether oxygens (including phenoxy) is 1. The van der Waals surface area contributed by atoms with E-state index in [2.05, 4.69) is 36.5 Å². The summed E-state index contributed by atoms with van der Waals surface area (Å²) in [5.41, 5.74) is 1.88. The fourth-order valence-electron chi connectivity index (χ4n) is 3.24. The van der Waals surface area contributed by atoms with Crippen LogP contribution in [0, 0.1) is 0 Å². The minimum Gasteiger partial charge on any atom is -0.461 e. The van der Waals surface area contributed by atoms with Crippen molar-refractivity contribution in [2.75, 3.05) is 11.9 Å². The maximum absolute atomic E-state index is 12.2. The Kier molecular flexibility index (Phi) is 6.99. The number of halogens is 2. The number of nitrogens with zero attached hydrogens (tertiary/aromatic N) is 2. The molecule has 3 N–H and O–H groups in total. The topological polar surface area (TPSA) is 118 Å². The van der Waals surface area contributed by atoms with Gasteiger partial charge in [0, 0.05) is 23.4 Å². The minimum atomic E-state index is -0.794. The molecule has 11 heteroatoms. The lowest BCUT2D eigenvalue weighted by atomic mass is 10.2. The molecule has 0 aliphatic carbocycles. The number of H-pyrrole nitrogens is 1. The number of aromatic nitrogens is 3. The van der Waals surface area contributed by atoms with Gasteiger partial charge in [0.15, 0.2) is 0 Å². The second-order valence-electron chi connectivity index (χ2n) is 7.17. The van der Waals surface area contributed by atoms with Crippen LogP contribution in [0.15, 0.2) is 64.1 Å². The Balaban J connectivity index is 1.52. The van der Waals surface area contributed by atoms with Crippen LogP contribution in [0.2, 0.25) is 5.02 Å². The lowest BCUT2D eigenvalue weighted by molar-refractivity contribution is 0.0517. The number of aromatic amines is 1. The standard InChI is InChI=1S/C23H19BrClN5O4/c1-2-34-22(32)20-21(31)28-17-9-15(25)19(10-18(17)27-20)30-8-7-13(12-30)11-26-23(33)29-16-6-4-3-5-14(16)24/h3-10,12H,2,11H2,1H3,(H,28,31)(H2,26,29,33). The van der Waals surface area contributed by atoms with Gasteiger partial charge in [-0.15, -0.1) is 0 Å². The van der Waals surface area contributed by atoms with Gasteiger partial charge in [0.1, 0.15) is 0 Å². The highest BCUT2D eigenvalue weighted by atomic mass is 79.9. The van der Waals surface area contributed by atoms with Crippen LogP contribution in [-0.2, 0) is 11.3 Å². The van der Waals surface area contributed by atoms with Gasteiger partial charge in [-0.25, -0.2) is 14.6 Å². The fourth-order valence-corrected chi connectivity index (χ4v) is 3.88. The van der Waals surface area contributed by atoms with E-state index in [1.807, 2.05) is 30.5 Å². The van der Waals surface area contributed by atoms with Crippen molar-refractivity contribution in [3.05, 3.63) is 86.0 Å². The van der Waals surface area contributed by atoms with E-state index < -0.39 is 11.5 Å². The molecule has 2 amide bonds. The van der Waals surface area contributed by atoms with E-state index in [9.17, 15) is 14.4 Å². The third-order valence-electron chi connectivity index (χ3n) is 4.84. The smallest absolute Gasteiger partial charge is 0.362 e. The van der Waals surface area contributed by atoms with Crippen LogP contribution < -0.4 is 16.2 Å². The first-order valence-electron chi connectivity index (χ1n) is 10.2. The van der Waals surface area contributed by atoms with Crippen LogP contribution in [0.5, 0.6) is 0 Å². The third kappa shape index (κ3) is 5.13. The third-order valence-corrected chi connectivity index (χ3v) is 5.83. The van der Waals surface area contributed by atoms with E-state index in [4.69, 9.17) is 16.3 Å². The molecule has 9 nitrogen and oxygen atoms in total. The number of anilines is 1. The molecule has 0 spiro atoms. The zero-order chi connectivity index (χ0) is 24.2. The predicted octanol–water partition coefficient (Wildman–Crippen LogP) is 4.63. The molecular weight excluding hydrogens is 526 g/mol. The van der Waals surface area contributed by atoms with Crippen LogP contribution in [-0.4, -0.2) is 33.1 Å². The van der Waals surface area contributed by atoms with Gasteiger partial charge in [-0.05, 0) is 58.7 Å². The molecule has 4 rings (SSSR count). The maximum atomic E-state index is 12.2. The molecule has 0 atom stereocenters. The zero-order valence-electron chi connectivity index (χ0n) is 17.9. The highest BCUT2D eigenvalue weighted by Crippen LogP contribution is 2.26. The number of carbonyl (C=O) groups excluding carboxylic acids is 2. The van der Waals surface area contributed by atoms with Crippen molar-refractivity contribution >= 4 is 56.3 Å². The monoisotopic (exact) mass is 543 g/mol. The minimum absolute atomic E-state index is 0.130.